The van der Waals surface area contributed by atoms with Crippen LogP contribution in [0.2, 0.25) is 0 Å². The lowest BCUT2D eigenvalue weighted by molar-refractivity contribution is -0.113. The van der Waals surface area contributed by atoms with Crippen molar-refractivity contribution in [2.24, 2.45) is 0 Å². The van der Waals surface area contributed by atoms with Gasteiger partial charge in [-0.05, 0) is 31.1 Å². The second-order valence-electron chi connectivity index (χ2n) is 2.63. The molecule has 1 aliphatic rings. The minimum atomic E-state index is 0.119. The molecule has 0 aromatic rings. The first-order valence-corrected chi connectivity index (χ1v) is 4.86. The van der Waals surface area contributed by atoms with E-state index in [-0.39, 0.29) is 5.78 Å². The lowest BCUT2D eigenvalue weighted by Gasteiger charge is -1.94. The summed E-state index contributed by atoms with van der Waals surface area (Å²) in [5.74, 6) is 0.902. The van der Waals surface area contributed by atoms with Gasteiger partial charge in [-0.2, -0.15) is 0 Å². The molecule has 0 N–H and O–H groups in total. The molecule has 0 heterocycles. The van der Waals surface area contributed by atoms with Crippen LogP contribution < -0.4 is 0 Å². The van der Waals surface area contributed by atoms with Gasteiger partial charge in [-0.3, -0.25) is 4.79 Å². The molecule has 0 aliphatic heterocycles. The molecule has 0 aromatic carbocycles. The van der Waals surface area contributed by atoms with E-state index < -0.39 is 0 Å². The van der Waals surface area contributed by atoms with Crippen LogP contribution in [0.25, 0.3) is 0 Å². The van der Waals surface area contributed by atoms with Crippen LogP contribution in [0.1, 0.15) is 27.2 Å². The molecule has 0 bridgehead atoms. The zero-order valence-corrected chi connectivity index (χ0v) is 9.33. The number of rotatable bonds is 2. The van der Waals surface area contributed by atoms with E-state index in [1.807, 2.05) is 26.0 Å². The lowest BCUT2D eigenvalue weighted by Crippen LogP contribution is -1.93. The van der Waals surface area contributed by atoms with E-state index in [9.17, 15) is 4.79 Å². The van der Waals surface area contributed by atoms with Crippen LogP contribution >= 0.6 is 0 Å². The molecule has 78 valence electrons. The minimum Gasteiger partial charge on any atom is -0.497 e. The summed E-state index contributed by atoms with van der Waals surface area (Å²) in [7, 11) is 1.61. The van der Waals surface area contributed by atoms with Crippen LogP contribution in [-0.4, -0.2) is 12.9 Å². The Morgan fingerprint density at radius 1 is 1.36 bits per heavy atom. The maximum Gasteiger partial charge on any atom is 0.156 e. The van der Waals surface area contributed by atoms with E-state index in [4.69, 9.17) is 4.74 Å². The summed E-state index contributed by atoms with van der Waals surface area (Å²) in [6.07, 6.45) is 8.10. The van der Waals surface area contributed by atoms with E-state index in [0.717, 1.165) is 11.3 Å². The van der Waals surface area contributed by atoms with Crippen LogP contribution in [0.3, 0.4) is 0 Å². The van der Waals surface area contributed by atoms with Gasteiger partial charge >= 0.3 is 0 Å². The molecule has 1 aliphatic carbocycles. The van der Waals surface area contributed by atoms with Crippen molar-refractivity contribution in [3.8, 4) is 0 Å². The van der Waals surface area contributed by atoms with E-state index in [0.29, 0.717) is 6.42 Å². The Labute approximate surface area is 86.0 Å². The number of hydrogen-bond donors (Lipinski definition) is 0. The van der Waals surface area contributed by atoms with Gasteiger partial charge in [0.15, 0.2) is 5.78 Å². The van der Waals surface area contributed by atoms with E-state index in [1.165, 1.54) is 0 Å². The maximum absolute atomic E-state index is 11.0. The molecule has 0 fully saturated rings. The van der Waals surface area contributed by atoms with Crippen molar-refractivity contribution >= 4 is 5.78 Å². The number of ether oxygens (including phenoxy) is 1. The highest BCUT2D eigenvalue weighted by atomic mass is 16.5. The third-order valence-electron chi connectivity index (χ3n) is 1.76. The van der Waals surface area contributed by atoms with Crippen LogP contribution in [0.5, 0.6) is 0 Å². The molecule has 0 amide bonds. The summed E-state index contributed by atoms with van der Waals surface area (Å²) in [6.45, 7) is 5.57. The molecule has 0 radical (unpaired) electrons. The monoisotopic (exact) mass is 194 g/mol. The van der Waals surface area contributed by atoms with Crippen molar-refractivity contribution in [2.75, 3.05) is 7.11 Å². The maximum atomic E-state index is 11.0. The zero-order valence-electron chi connectivity index (χ0n) is 9.33. The Balaban J connectivity index is 0.000000791. The van der Waals surface area contributed by atoms with Crippen molar-refractivity contribution in [1.82, 2.24) is 0 Å². The second kappa shape index (κ2) is 7.13. The summed E-state index contributed by atoms with van der Waals surface area (Å²) < 4.78 is 5.02. The van der Waals surface area contributed by atoms with Gasteiger partial charge in [-0.25, -0.2) is 0 Å². The van der Waals surface area contributed by atoms with Gasteiger partial charge in [-0.1, -0.05) is 26.0 Å². The Bertz CT molecular complexity index is 270. The third-order valence-corrected chi connectivity index (χ3v) is 1.76. The molecule has 1 rings (SSSR count). The zero-order chi connectivity index (χ0) is 11.0. The van der Waals surface area contributed by atoms with E-state index in [1.54, 1.807) is 26.2 Å². The molecule has 0 spiro atoms. The van der Waals surface area contributed by atoms with Crippen molar-refractivity contribution in [1.29, 1.82) is 0 Å². The number of allylic oxidation sites excluding steroid dienone is 5. The van der Waals surface area contributed by atoms with Crippen molar-refractivity contribution < 1.29 is 9.53 Å². The van der Waals surface area contributed by atoms with Crippen molar-refractivity contribution in [3.63, 3.8) is 0 Å². The summed E-state index contributed by atoms with van der Waals surface area (Å²) in [6, 6.07) is 0. The van der Waals surface area contributed by atoms with Gasteiger partial charge in [-0.15, -0.1) is 0 Å². The fraction of sp³-hybridized carbons (Fsp3) is 0.417. The van der Waals surface area contributed by atoms with Crippen LogP contribution in [0.4, 0.5) is 0 Å². The number of hydrogen-bond acceptors (Lipinski definition) is 2. The molecule has 0 saturated heterocycles. The minimum absolute atomic E-state index is 0.119. The van der Waals surface area contributed by atoms with Crippen molar-refractivity contribution in [3.05, 3.63) is 35.6 Å². The highest BCUT2D eigenvalue weighted by molar-refractivity contribution is 5.93. The number of Topliss-reactive ketones (excluding diaryl/α,β-unsaturated/α-hetero) is 1. The first-order valence-electron chi connectivity index (χ1n) is 4.86. The molecule has 2 nitrogen and oxygen atoms in total. The largest absolute Gasteiger partial charge is 0.497 e. The Morgan fingerprint density at radius 2 is 2.00 bits per heavy atom. The van der Waals surface area contributed by atoms with E-state index in [2.05, 4.69) is 0 Å². The quantitative estimate of drug-likeness (QED) is 0.675. The SMILES string of the molecule is CC.COC1=CC=C(C(C)=O)CC=C1. The van der Waals surface area contributed by atoms with Gasteiger partial charge in [0.05, 0.1) is 7.11 Å². The number of methoxy groups -OCH3 is 1. The van der Waals surface area contributed by atoms with Crippen LogP contribution in [0, 0.1) is 0 Å². The topological polar surface area (TPSA) is 26.3 Å². The van der Waals surface area contributed by atoms with Gasteiger partial charge in [0, 0.05) is 0 Å². The normalized spacial score (nSPS) is 14.3. The van der Waals surface area contributed by atoms with E-state index >= 15 is 0 Å². The lowest BCUT2D eigenvalue weighted by atomic mass is 10.1. The van der Waals surface area contributed by atoms with Gasteiger partial charge in [0.2, 0.25) is 0 Å². The number of carbonyl (C=O) groups is 1. The fourth-order valence-electron chi connectivity index (χ4n) is 1.01. The summed E-state index contributed by atoms with van der Waals surface area (Å²) in [4.78, 5) is 11.0. The smallest absolute Gasteiger partial charge is 0.156 e. The third kappa shape index (κ3) is 4.08. The molecule has 0 atom stereocenters. The molecular formula is C12H18O2. The predicted molar refractivity (Wildman–Crippen MR) is 59.0 cm³/mol. The summed E-state index contributed by atoms with van der Waals surface area (Å²) >= 11 is 0. The Kier molecular flexibility index (Phi) is 6.46. The van der Waals surface area contributed by atoms with Crippen LogP contribution in [0.15, 0.2) is 35.6 Å². The highest BCUT2D eigenvalue weighted by Gasteiger charge is 2.02. The van der Waals surface area contributed by atoms with Crippen molar-refractivity contribution in [2.45, 2.75) is 27.2 Å². The molecule has 14 heavy (non-hydrogen) atoms. The van der Waals surface area contributed by atoms with Gasteiger partial charge in [0.25, 0.3) is 0 Å². The standard InChI is InChI=1S/C10H12O2.C2H6/c1-8(11)9-4-3-5-10(12-2)7-6-9;1-2/h3,5-7H,4H2,1-2H3;1-2H3. The van der Waals surface area contributed by atoms with Crippen LogP contribution in [-0.2, 0) is 9.53 Å². The molecular weight excluding hydrogens is 176 g/mol. The Morgan fingerprint density at radius 3 is 2.50 bits per heavy atom. The first-order chi connectivity index (χ1) is 6.74. The highest BCUT2D eigenvalue weighted by Crippen LogP contribution is 2.11. The Hall–Kier alpha value is -1.31. The van der Waals surface area contributed by atoms with Gasteiger partial charge < -0.3 is 4.74 Å². The first kappa shape index (κ1) is 12.7. The summed E-state index contributed by atoms with van der Waals surface area (Å²) in [5.41, 5.74) is 0.818. The second-order valence-corrected chi connectivity index (χ2v) is 2.63. The molecule has 0 saturated carbocycles. The average Bonchev–Trinajstić information content (AvgIpc) is 2.45. The fourth-order valence-corrected chi connectivity index (χ4v) is 1.01. The summed E-state index contributed by atoms with van der Waals surface area (Å²) in [5, 5.41) is 0. The predicted octanol–water partition coefficient (Wildman–Crippen LogP) is 3.02. The molecule has 0 aromatic heterocycles. The number of ketones is 1. The van der Waals surface area contributed by atoms with Gasteiger partial charge in [0.1, 0.15) is 5.76 Å². The molecule has 2 heteroatoms. The average molecular weight is 194 g/mol. The number of carbonyl (C=O) groups excluding carboxylic acids is 1. The molecule has 0 unspecified atom stereocenters.